The third-order valence-electron chi connectivity index (χ3n) is 3.15. The van der Waals surface area contributed by atoms with E-state index >= 15 is 0 Å². The maximum atomic E-state index is 12.4. The van der Waals surface area contributed by atoms with Gasteiger partial charge in [-0.05, 0) is 27.0 Å². The normalized spacial score (nSPS) is 11.5. The van der Waals surface area contributed by atoms with Crippen molar-refractivity contribution in [2.24, 2.45) is 0 Å². The summed E-state index contributed by atoms with van der Waals surface area (Å²) in [5.41, 5.74) is 0. The number of rotatable bonds is 7. The van der Waals surface area contributed by atoms with Crippen LogP contribution in [0.4, 0.5) is 11.9 Å². The molecule has 22 heavy (non-hydrogen) atoms. The van der Waals surface area contributed by atoms with Crippen LogP contribution in [0.25, 0.3) is 0 Å². The Hall–Kier alpha value is -2.08. The van der Waals surface area contributed by atoms with Crippen molar-refractivity contribution in [1.82, 2.24) is 19.9 Å². The van der Waals surface area contributed by atoms with Gasteiger partial charge in [0.25, 0.3) is 0 Å². The zero-order chi connectivity index (χ0) is 16.7. The predicted molar refractivity (Wildman–Crippen MR) is 86.6 cm³/mol. The molecule has 120 valence electrons. The van der Waals surface area contributed by atoms with Crippen LogP contribution in [-0.2, 0) is 4.79 Å². The number of amides is 1. The van der Waals surface area contributed by atoms with E-state index in [0.29, 0.717) is 24.2 Å². The number of hydrogen-bond acceptors (Lipinski definition) is 8. The van der Waals surface area contributed by atoms with E-state index in [-0.39, 0.29) is 11.9 Å². The molecular weight excluding hydrogens is 302 g/mol. The molecule has 0 aliphatic heterocycles. The van der Waals surface area contributed by atoms with Crippen molar-refractivity contribution >= 4 is 29.6 Å². The van der Waals surface area contributed by atoms with Crippen molar-refractivity contribution in [3.05, 3.63) is 0 Å². The van der Waals surface area contributed by atoms with Gasteiger partial charge in [0, 0.05) is 20.1 Å². The van der Waals surface area contributed by atoms with Crippen LogP contribution in [0.1, 0.15) is 20.8 Å². The molecule has 1 aromatic heterocycles. The summed E-state index contributed by atoms with van der Waals surface area (Å²) in [6.07, 6.45) is 3.83. The van der Waals surface area contributed by atoms with Crippen molar-refractivity contribution < 1.29 is 4.79 Å². The highest BCUT2D eigenvalue weighted by atomic mass is 32.2. The molecule has 0 aromatic carbocycles. The number of aromatic nitrogens is 3. The quantitative estimate of drug-likeness (QED) is 0.454. The molecule has 0 saturated heterocycles. The zero-order valence-electron chi connectivity index (χ0n) is 13.5. The standard InChI is InChI=1S/C13H21N7OS/c1-6-19(7-2)10(21)9(3)20(8-14)12-16-11(15-4)17-13(18-12)22-5/h9H,6-7H2,1-5H3,(H,15,16,17,18)/t9-/m0/s1. The van der Waals surface area contributed by atoms with Crippen LogP contribution in [0.3, 0.4) is 0 Å². The first-order chi connectivity index (χ1) is 10.5. The van der Waals surface area contributed by atoms with Gasteiger partial charge in [-0.2, -0.15) is 20.2 Å². The van der Waals surface area contributed by atoms with Crippen molar-refractivity contribution in [3.63, 3.8) is 0 Å². The molecule has 0 fully saturated rings. The van der Waals surface area contributed by atoms with Gasteiger partial charge in [-0.25, -0.2) is 4.90 Å². The number of likely N-dealkylation sites (N-methyl/N-ethyl adjacent to an activating group) is 1. The molecule has 0 saturated carbocycles. The van der Waals surface area contributed by atoms with Gasteiger partial charge in [0.15, 0.2) is 11.3 Å². The van der Waals surface area contributed by atoms with Crippen molar-refractivity contribution in [2.75, 3.05) is 36.6 Å². The summed E-state index contributed by atoms with van der Waals surface area (Å²) in [6, 6.07) is -0.674. The molecule has 1 N–H and O–H groups in total. The van der Waals surface area contributed by atoms with Gasteiger partial charge < -0.3 is 10.2 Å². The van der Waals surface area contributed by atoms with E-state index in [1.54, 1.807) is 18.9 Å². The minimum Gasteiger partial charge on any atom is -0.357 e. The zero-order valence-corrected chi connectivity index (χ0v) is 14.3. The first kappa shape index (κ1) is 18.0. The number of anilines is 2. The molecular formula is C13H21N7OS. The van der Waals surface area contributed by atoms with E-state index in [1.807, 2.05) is 26.3 Å². The number of carbonyl (C=O) groups is 1. The van der Waals surface area contributed by atoms with Crippen molar-refractivity contribution in [1.29, 1.82) is 5.26 Å². The van der Waals surface area contributed by atoms with Gasteiger partial charge in [-0.15, -0.1) is 0 Å². The Balaban J connectivity index is 3.15. The Labute approximate surface area is 134 Å². The lowest BCUT2D eigenvalue weighted by Gasteiger charge is -2.27. The van der Waals surface area contributed by atoms with E-state index in [0.717, 1.165) is 0 Å². The maximum Gasteiger partial charge on any atom is 0.246 e. The molecule has 9 heteroatoms. The highest BCUT2D eigenvalue weighted by molar-refractivity contribution is 7.98. The minimum atomic E-state index is -0.674. The highest BCUT2D eigenvalue weighted by Gasteiger charge is 2.27. The smallest absolute Gasteiger partial charge is 0.246 e. The predicted octanol–water partition coefficient (Wildman–Crippen LogP) is 1.18. The molecule has 0 unspecified atom stereocenters. The molecule has 1 rings (SSSR count). The summed E-state index contributed by atoms with van der Waals surface area (Å²) >= 11 is 1.34. The summed E-state index contributed by atoms with van der Waals surface area (Å²) < 4.78 is 0. The number of thioether (sulfide) groups is 1. The van der Waals surface area contributed by atoms with Gasteiger partial charge in [0.05, 0.1) is 0 Å². The van der Waals surface area contributed by atoms with Crippen LogP contribution in [0.5, 0.6) is 0 Å². The number of nitrogens with one attached hydrogen (secondary N) is 1. The molecule has 8 nitrogen and oxygen atoms in total. The molecule has 1 aromatic rings. The van der Waals surface area contributed by atoms with E-state index in [2.05, 4.69) is 20.3 Å². The fourth-order valence-corrected chi connectivity index (χ4v) is 2.22. The Bertz CT molecular complexity index is 534. The molecule has 1 amide bonds. The molecule has 0 bridgehead atoms. The van der Waals surface area contributed by atoms with E-state index in [4.69, 9.17) is 0 Å². The lowest BCUT2D eigenvalue weighted by Crippen LogP contribution is -2.46. The number of hydrogen-bond donors (Lipinski definition) is 1. The first-order valence-electron chi connectivity index (χ1n) is 6.97. The average Bonchev–Trinajstić information content (AvgIpc) is 2.55. The van der Waals surface area contributed by atoms with Gasteiger partial charge in [0.1, 0.15) is 6.04 Å². The monoisotopic (exact) mass is 323 g/mol. The van der Waals surface area contributed by atoms with E-state index in [9.17, 15) is 10.1 Å². The molecule has 0 radical (unpaired) electrons. The molecule has 0 aliphatic rings. The van der Waals surface area contributed by atoms with Gasteiger partial charge in [-0.1, -0.05) is 11.8 Å². The number of nitriles is 1. The topological polar surface area (TPSA) is 98.0 Å². The highest BCUT2D eigenvalue weighted by Crippen LogP contribution is 2.18. The van der Waals surface area contributed by atoms with Crippen molar-refractivity contribution in [2.45, 2.75) is 32.0 Å². The molecule has 1 atom stereocenters. The summed E-state index contributed by atoms with van der Waals surface area (Å²) in [5.74, 6) is 0.389. The lowest BCUT2D eigenvalue weighted by molar-refractivity contribution is -0.131. The Morgan fingerprint density at radius 3 is 2.45 bits per heavy atom. The third kappa shape index (κ3) is 3.98. The number of nitrogens with zero attached hydrogens (tertiary/aromatic N) is 6. The van der Waals surface area contributed by atoms with Gasteiger partial charge in [0.2, 0.25) is 17.8 Å². The molecule has 0 spiro atoms. The lowest BCUT2D eigenvalue weighted by atomic mass is 10.2. The van der Waals surface area contributed by atoms with Crippen LogP contribution < -0.4 is 10.2 Å². The summed E-state index contributed by atoms with van der Waals surface area (Å²) in [6.45, 7) is 6.66. The average molecular weight is 323 g/mol. The minimum absolute atomic E-state index is 0.135. The molecule has 1 heterocycles. The van der Waals surface area contributed by atoms with Crippen LogP contribution in [0.15, 0.2) is 5.16 Å². The van der Waals surface area contributed by atoms with Crippen LogP contribution in [0, 0.1) is 11.5 Å². The second-order valence-electron chi connectivity index (χ2n) is 4.35. The second-order valence-corrected chi connectivity index (χ2v) is 5.13. The summed E-state index contributed by atoms with van der Waals surface area (Å²) in [4.78, 5) is 27.9. The SMILES string of the molecule is CCN(CC)C(=O)[C@H](C)N(C#N)c1nc(NC)nc(SC)n1. The van der Waals surface area contributed by atoms with Crippen LogP contribution in [0.2, 0.25) is 0 Å². The van der Waals surface area contributed by atoms with E-state index < -0.39 is 6.04 Å². The second kappa shape index (κ2) is 8.38. The largest absolute Gasteiger partial charge is 0.357 e. The van der Waals surface area contributed by atoms with E-state index in [1.165, 1.54) is 16.7 Å². The first-order valence-corrected chi connectivity index (χ1v) is 8.20. The Morgan fingerprint density at radius 2 is 2.00 bits per heavy atom. The van der Waals surface area contributed by atoms with Gasteiger partial charge >= 0.3 is 0 Å². The Kier molecular flexibility index (Phi) is 6.85. The van der Waals surface area contributed by atoms with Crippen LogP contribution in [-0.4, -0.2) is 58.2 Å². The maximum absolute atomic E-state index is 12.4. The number of carbonyl (C=O) groups excluding carboxylic acids is 1. The van der Waals surface area contributed by atoms with Crippen molar-refractivity contribution in [3.8, 4) is 6.19 Å². The van der Waals surface area contributed by atoms with Gasteiger partial charge in [-0.3, -0.25) is 4.79 Å². The summed E-state index contributed by atoms with van der Waals surface area (Å²) in [5, 5.41) is 12.7. The Morgan fingerprint density at radius 1 is 1.36 bits per heavy atom. The third-order valence-corrected chi connectivity index (χ3v) is 3.70. The fraction of sp³-hybridized carbons (Fsp3) is 0.615. The summed E-state index contributed by atoms with van der Waals surface area (Å²) in [7, 11) is 1.68. The van der Waals surface area contributed by atoms with Crippen LogP contribution >= 0.6 is 11.8 Å². The molecule has 0 aliphatic carbocycles. The fourth-order valence-electron chi connectivity index (χ4n) is 1.87.